The van der Waals surface area contributed by atoms with Crippen molar-refractivity contribution in [1.29, 1.82) is 0 Å². The van der Waals surface area contributed by atoms with Gasteiger partial charge in [0.2, 0.25) is 0 Å². The zero-order valence-corrected chi connectivity index (χ0v) is 19.4. The van der Waals surface area contributed by atoms with E-state index < -0.39 is 22.1 Å². The number of fused-ring (bicyclic) bond motifs is 1. The van der Waals surface area contributed by atoms with E-state index in [2.05, 4.69) is 23.1 Å². The minimum atomic E-state index is -3.63. The second-order valence-corrected chi connectivity index (χ2v) is 10.4. The molecule has 2 aromatic carbocycles. The molecule has 8 heteroatoms. The first-order chi connectivity index (χ1) is 14.0. The average molecular weight is 452 g/mol. The van der Waals surface area contributed by atoms with E-state index in [1.54, 1.807) is 31.2 Å². The summed E-state index contributed by atoms with van der Waals surface area (Å²) >= 11 is 6.31. The van der Waals surface area contributed by atoms with Gasteiger partial charge in [0.05, 0.1) is 0 Å². The van der Waals surface area contributed by atoms with Crippen LogP contribution in [0.2, 0.25) is 5.02 Å². The van der Waals surface area contributed by atoms with Crippen LogP contribution < -0.4 is 4.72 Å². The molecule has 0 aliphatic carbocycles. The summed E-state index contributed by atoms with van der Waals surface area (Å²) in [4.78, 5) is 0. The molecule has 0 aliphatic rings. The Labute approximate surface area is 182 Å². The molecule has 0 amide bonds. The Bertz CT molecular complexity index is 1170. The molecule has 0 bridgehead atoms. The predicted molar refractivity (Wildman–Crippen MR) is 121 cm³/mol. The van der Waals surface area contributed by atoms with Gasteiger partial charge in [0.15, 0.2) is 0 Å². The van der Waals surface area contributed by atoms with Crippen LogP contribution >= 0.6 is 11.6 Å². The van der Waals surface area contributed by atoms with Crippen molar-refractivity contribution in [1.82, 2.24) is 13.6 Å². The van der Waals surface area contributed by atoms with E-state index in [1.807, 2.05) is 12.3 Å². The molecule has 0 unspecified atom stereocenters. The molecule has 0 saturated carbocycles. The van der Waals surface area contributed by atoms with Gasteiger partial charge in [-0.25, -0.2) is 4.39 Å². The van der Waals surface area contributed by atoms with Crippen molar-refractivity contribution in [3.63, 3.8) is 0 Å². The number of halogens is 2. The summed E-state index contributed by atoms with van der Waals surface area (Å²) < 4.78 is 45.6. The number of nitrogens with zero attached hydrogens (tertiary/aromatic N) is 2. The van der Waals surface area contributed by atoms with Gasteiger partial charge in [-0.15, -0.1) is 0 Å². The highest BCUT2D eigenvalue weighted by atomic mass is 35.5. The highest BCUT2D eigenvalue weighted by Crippen LogP contribution is 2.36. The van der Waals surface area contributed by atoms with Crippen LogP contribution in [0.25, 0.3) is 22.0 Å². The van der Waals surface area contributed by atoms with Gasteiger partial charge in [-0.1, -0.05) is 43.6 Å². The number of benzene rings is 2. The Morgan fingerprint density at radius 1 is 1.13 bits per heavy atom. The van der Waals surface area contributed by atoms with Crippen molar-refractivity contribution in [2.24, 2.45) is 5.92 Å². The molecule has 1 aromatic heterocycles. The van der Waals surface area contributed by atoms with Crippen molar-refractivity contribution >= 4 is 32.7 Å². The quantitative estimate of drug-likeness (QED) is 0.535. The Morgan fingerprint density at radius 2 is 1.80 bits per heavy atom. The summed E-state index contributed by atoms with van der Waals surface area (Å²) in [7, 11) is -0.702. The van der Waals surface area contributed by atoms with E-state index in [-0.39, 0.29) is 0 Å². The fraction of sp³-hybridized carbons (Fsp3) is 0.364. The third kappa shape index (κ3) is 4.54. The van der Waals surface area contributed by atoms with Crippen molar-refractivity contribution in [2.45, 2.75) is 33.4 Å². The number of hydrogen-bond acceptors (Lipinski definition) is 2. The van der Waals surface area contributed by atoms with Crippen LogP contribution in [0.4, 0.5) is 4.39 Å². The smallest absolute Gasteiger partial charge is 0.279 e. The first-order valence-corrected chi connectivity index (χ1v) is 11.6. The summed E-state index contributed by atoms with van der Waals surface area (Å²) in [5, 5.41) is 1.16. The maximum Gasteiger partial charge on any atom is 0.279 e. The van der Waals surface area contributed by atoms with E-state index in [0.29, 0.717) is 27.5 Å². The summed E-state index contributed by atoms with van der Waals surface area (Å²) in [6.07, 6.45) is 1.91. The van der Waals surface area contributed by atoms with Gasteiger partial charge < -0.3 is 4.57 Å². The first-order valence-electron chi connectivity index (χ1n) is 9.78. The second kappa shape index (κ2) is 8.67. The summed E-state index contributed by atoms with van der Waals surface area (Å²) in [6.45, 7) is 6.68. The fourth-order valence-corrected chi connectivity index (χ4v) is 4.53. The molecule has 1 N–H and O–H groups in total. The van der Waals surface area contributed by atoms with Crippen LogP contribution in [-0.4, -0.2) is 31.4 Å². The Kier molecular flexibility index (Phi) is 6.57. The third-order valence-electron chi connectivity index (χ3n) is 5.00. The van der Waals surface area contributed by atoms with E-state index in [0.717, 1.165) is 21.9 Å². The zero-order valence-electron chi connectivity index (χ0n) is 17.8. The van der Waals surface area contributed by atoms with Crippen LogP contribution in [0.1, 0.15) is 32.4 Å². The van der Waals surface area contributed by atoms with Gasteiger partial charge >= 0.3 is 0 Å². The Balaban J connectivity index is 2.19. The lowest BCUT2D eigenvalue weighted by Gasteiger charge is -2.17. The standard InChI is InChI=1S/C22H27ClFN3O2S/c1-14(2)12-27-13-19(15(3)25-30(28,29)26(4)5)18-10-21(24)17(11-22(18)27)16-8-6-7-9-20(16)23/h6-11,13-15,25H,12H2,1-5H3/t15-/m1/s1. The second-order valence-electron chi connectivity index (χ2n) is 8.09. The van der Waals surface area contributed by atoms with Crippen molar-refractivity contribution in [3.05, 3.63) is 59.0 Å². The van der Waals surface area contributed by atoms with E-state index >= 15 is 4.39 Å². The zero-order chi connectivity index (χ0) is 22.2. The molecule has 1 heterocycles. The van der Waals surface area contributed by atoms with E-state index in [9.17, 15) is 8.42 Å². The maximum atomic E-state index is 15.2. The van der Waals surface area contributed by atoms with E-state index in [4.69, 9.17) is 11.6 Å². The van der Waals surface area contributed by atoms with Gasteiger partial charge in [0.25, 0.3) is 10.2 Å². The number of aromatic nitrogens is 1. The normalized spacial score (nSPS) is 13.5. The molecule has 30 heavy (non-hydrogen) atoms. The molecule has 3 aromatic rings. The van der Waals surface area contributed by atoms with Crippen molar-refractivity contribution in [3.8, 4) is 11.1 Å². The summed E-state index contributed by atoms with van der Waals surface area (Å²) in [5.74, 6) is -0.0437. The third-order valence-corrected chi connectivity index (χ3v) is 6.94. The summed E-state index contributed by atoms with van der Waals surface area (Å²) in [6, 6.07) is 9.89. The molecule has 0 spiro atoms. The largest absolute Gasteiger partial charge is 0.347 e. The van der Waals surface area contributed by atoms with Crippen LogP contribution in [0.3, 0.4) is 0 Å². The Hall–Kier alpha value is -1.93. The predicted octanol–water partition coefficient (Wildman–Crippen LogP) is 5.21. The molecule has 1 atom stereocenters. The van der Waals surface area contributed by atoms with Gasteiger partial charge in [-0.3, -0.25) is 0 Å². The topological polar surface area (TPSA) is 54.3 Å². The molecule has 0 fully saturated rings. The molecular formula is C22H27ClFN3O2S. The maximum absolute atomic E-state index is 15.2. The lowest BCUT2D eigenvalue weighted by atomic mass is 10.0. The Morgan fingerprint density at radius 3 is 2.40 bits per heavy atom. The molecule has 5 nitrogen and oxygen atoms in total. The van der Waals surface area contributed by atoms with Crippen LogP contribution in [0, 0.1) is 11.7 Å². The first kappa shape index (κ1) is 22.7. The average Bonchev–Trinajstić information content (AvgIpc) is 2.98. The minimum absolute atomic E-state index is 0.357. The number of rotatable bonds is 7. The highest BCUT2D eigenvalue weighted by Gasteiger charge is 2.23. The SMILES string of the molecule is CC(C)Cn1cc([C@@H](C)NS(=O)(=O)N(C)C)c2cc(F)c(-c3ccccc3Cl)cc21. The van der Waals surface area contributed by atoms with Gasteiger partial charge in [-0.2, -0.15) is 17.4 Å². The van der Waals surface area contributed by atoms with Gasteiger partial charge in [-0.05, 0) is 36.6 Å². The van der Waals surface area contributed by atoms with Crippen molar-refractivity contribution in [2.75, 3.05) is 14.1 Å². The lowest BCUT2D eigenvalue weighted by molar-refractivity contribution is 0.494. The fourth-order valence-electron chi connectivity index (χ4n) is 3.51. The molecule has 162 valence electrons. The lowest BCUT2D eigenvalue weighted by Crippen LogP contribution is -2.37. The molecule has 0 saturated heterocycles. The molecule has 0 radical (unpaired) electrons. The van der Waals surface area contributed by atoms with Crippen LogP contribution in [0.15, 0.2) is 42.6 Å². The molecule has 3 rings (SSSR count). The van der Waals surface area contributed by atoms with Crippen molar-refractivity contribution < 1.29 is 12.8 Å². The molecule has 0 aliphatic heterocycles. The molecular weight excluding hydrogens is 425 g/mol. The minimum Gasteiger partial charge on any atom is -0.347 e. The van der Waals surface area contributed by atoms with E-state index in [1.165, 1.54) is 20.2 Å². The van der Waals surface area contributed by atoms with Gasteiger partial charge in [0.1, 0.15) is 5.82 Å². The monoisotopic (exact) mass is 451 g/mol. The summed E-state index contributed by atoms with van der Waals surface area (Å²) in [5.41, 5.74) is 2.61. The number of hydrogen-bond donors (Lipinski definition) is 1. The van der Waals surface area contributed by atoms with Crippen LogP contribution in [0.5, 0.6) is 0 Å². The van der Waals surface area contributed by atoms with Gasteiger partial charge in [0, 0.05) is 59.9 Å². The number of nitrogens with one attached hydrogen (secondary N) is 1. The highest BCUT2D eigenvalue weighted by molar-refractivity contribution is 7.87. The van der Waals surface area contributed by atoms with Crippen LogP contribution in [-0.2, 0) is 16.8 Å².